The van der Waals surface area contributed by atoms with Crippen LogP contribution in [0.5, 0.6) is 0 Å². The van der Waals surface area contributed by atoms with E-state index in [0.29, 0.717) is 12.6 Å². The summed E-state index contributed by atoms with van der Waals surface area (Å²) in [6.07, 6.45) is 2.11. The molecule has 1 atom stereocenters. The van der Waals surface area contributed by atoms with Gasteiger partial charge < -0.3 is 10.1 Å². The molecule has 1 aromatic rings. The van der Waals surface area contributed by atoms with Gasteiger partial charge in [-0.1, -0.05) is 30.3 Å². The van der Waals surface area contributed by atoms with E-state index in [1.54, 1.807) is 7.05 Å². The standard InChI is InChI=1S/C13H18N2O/c1-13(10-16-12(14-2)15-13)9-8-11-6-4-3-5-7-11/h3-7H,8-10H2,1-2H3,(H,14,15). The van der Waals surface area contributed by atoms with Crippen LogP contribution in [0.4, 0.5) is 0 Å². The summed E-state index contributed by atoms with van der Waals surface area (Å²) in [6.45, 7) is 2.88. The van der Waals surface area contributed by atoms with Gasteiger partial charge in [-0.3, -0.25) is 0 Å². The Labute approximate surface area is 96.5 Å². The van der Waals surface area contributed by atoms with E-state index in [0.717, 1.165) is 12.8 Å². The first-order valence-corrected chi connectivity index (χ1v) is 5.63. The maximum atomic E-state index is 5.45. The minimum absolute atomic E-state index is 0.0185. The van der Waals surface area contributed by atoms with Crippen LogP contribution in [0, 0.1) is 0 Å². The maximum Gasteiger partial charge on any atom is 0.284 e. The van der Waals surface area contributed by atoms with E-state index in [1.165, 1.54) is 5.56 Å². The summed E-state index contributed by atoms with van der Waals surface area (Å²) < 4.78 is 5.45. The lowest BCUT2D eigenvalue weighted by atomic mass is 9.95. The Morgan fingerprint density at radius 1 is 1.38 bits per heavy atom. The summed E-state index contributed by atoms with van der Waals surface area (Å²) in [4.78, 5) is 4.02. The van der Waals surface area contributed by atoms with Gasteiger partial charge >= 0.3 is 0 Å². The predicted molar refractivity (Wildman–Crippen MR) is 65.6 cm³/mol. The van der Waals surface area contributed by atoms with Gasteiger partial charge in [-0.25, -0.2) is 4.99 Å². The SMILES string of the molecule is CN=C1NC(C)(CCc2ccccc2)CO1. The first kappa shape index (κ1) is 11.0. The number of amidine groups is 1. The first-order valence-electron chi connectivity index (χ1n) is 5.63. The molecule has 1 aliphatic heterocycles. The highest BCUT2D eigenvalue weighted by molar-refractivity contribution is 5.76. The van der Waals surface area contributed by atoms with Crippen LogP contribution in [-0.4, -0.2) is 25.2 Å². The van der Waals surface area contributed by atoms with E-state index in [4.69, 9.17) is 4.74 Å². The quantitative estimate of drug-likeness (QED) is 0.841. The fourth-order valence-corrected chi connectivity index (χ4v) is 1.88. The van der Waals surface area contributed by atoms with Gasteiger partial charge in [0.1, 0.15) is 6.61 Å². The summed E-state index contributed by atoms with van der Waals surface area (Å²) in [6, 6.07) is 11.2. The van der Waals surface area contributed by atoms with Crippen molar-refractivity contribution in [3.63, 3.8) is 0 Å². The third-order valence-electron chi connectivity index (χ3n) is 2.95. The zero-order chi connectivity index (χ0) is 11.4. The van der Waals surface area contributed by atoms with Crippen LogP contribution in [0.1, 0.15) is 18.9 Å². The van der Waals surface area contributed by atoms with Gasteiger partial charge in [0.2, 0.25) is 0 Å². The third kappa shape index (κ3) is 2.54. The second-order valence-electron chi connectivity index (χ2n) is 4.49. The molecule has 0 aliphatic carbocycles. The topological polar surface area (TPSA) is 33.6 Å². The normalized spacial score (nSPS) is 26.5. The molecule has 2 rings (SSSR count). The summed E-state index contributed by atoms with van der Waals surface area (Å²) in [5, 5.41) is 3.32. The molecule has 0 radical (unpaired) electrons. The summed E-state index contributed by atoms with van der Waals surface area (Å²) in [5.41, 5.74) is 1.39. The average Bonchev–Trinajstić information content (AvgIpc) is 2.71. The zero-order valence-electron chi connectivity index (χ0n) is 9.86. The van der Waals surface area contributed by atoms with E-state index in [1.807, 2.05) is 6.07 Å². The van der Waals surface area contributed by atoms with Gasteiger partial charge in [0.15, 0.2) is 0 Å². The Kier molecular flexibility index (Phi) is 3.13. The van der Waals surface area contributed by atoms with Crippen molar-refractivity contribution >= 4 is 6.02 Å². The van der Waals surface area contributed by atoms with Crippen molar-refractivity contribution in [2.45, 2.75) is 25.3 Å². The van der Waals surface area contributed by atoms with Crippen LogP contribution in [0.2, 0.25) is 0 Å². The highest BCUT2D eigenvalue weighted by Crippen LogP contribution is 2.19. The molecule has 1 aliphatic rings. The van der Waals surface area contributed by atoms with Crippen molar-refractivity contribution in [3.05, 3.63) is 35.9 Å². The second-order valence-corrected chi connectivity index (χ2v) is 4.49. The molecule has 1 unspecified atom stereocenters. The van der Waals surface area contributed by atoms with Gasteiger partial charge in [0.05, 0.1) is 5.54 Å². The van der Waals surface area contributed by atoms with Crippen LogP contribution in [0.15, 0.2) is 35.3 Å². The van der Waals surface area contributed by atoms with Crippen molar-refractivity contribution in [2.24, 2.45) is 4.99 Å². The molecule has 1 heterocycles. The van der Waals surface area contributed by atoms with E-state index >= 15 is 0 Å². The van der Waals surface area contributed by atoms with Crippen LogP contribution >= 0.6 is 0 Å². The summed E-state index contributed by atoms with van der Waals surface area (Å²) in [5.74, 6) is 0. The Bertz CT molecular complexity index is 375. The molecule has 0 amide bonds. The highest BCUT2D eigenvalue weighted by Gasteiger charge is 2.32. The number of benzene rings is 1. The molecular weight excluding hydrogens is 200 g/mol. The fourth-order valence-electron chi connectivity index (χ4n) is 1.88. The minimum atomic E-state index is 0.0185. The number of aryl methyl sites for hydroxylation is 1. The Hall–Kier alpha value is -1.51. The van der Waals surface area contributed by atoms with Crippen molar-refractivity contribution in [1.29, 1.82) is 0 Å². The van der Waals surface area contributed by atoms with Crippen LogP contribution in [-0.2, 0) is 11.2 Å². The Balaban J connectivity index is 1.91. The van der Waals surface area contributed by atoms with Crippen LogP contribution in [0.3, 0.4) is 0 Å². The molecule has 1 aromatic carbocycles. The molecule has 0 spiro atoms. The summed E-state index contributed by atoms with van der Waals surface area (Å²) >= 11 is 0. The van der Waals surface area contributed by atoms with E-state index in [-0.39, 0.29) is 5.54 Å². The lowest BCUT2D eigenvalue weighted by Crippen LogP contribution is -2.40. The van der Waals surface area contributed by atoms with E-state index < -0.39 is 0 Å². The predicted octanol–water partition coefficient (Wildman–Crippen LogP) is 1.98. The van der Waals surface area contributed by atoms with E-state index in [9.17, 15) is 0 Å². The molecule has 1 fully saturated rings. The van der Waals surface area contributed by atoms with Gasteiger partial charge in [0.25, 0.3) is 6.02 Å². The number of hydrogen-bond donors (Lipinski definition) is 1. The molecule has 3 nitrogen and oxygen atoms in total. The van der Waals surface area contributed by atoms with Crippen molar-refractivity contribution in [3.8, 4) is 0 Å². The molecule has 0 aromatic heterocycles. The number of aliphatic imine (C=N–C) groups is 1. The highest BCUT2D eigenvalue weighted by atomic mass is 16.5. The smallest absolute Gasteiger partial charge is 0.284 e. The third-order valence-corrected chi connectivity index (χ3v) is 2.95. The van der Waals surface area contributed by atoms with Gasteiger partial charge in [-0.05, 0) is 25.3 Å². The number of nitrogens with zero attached hydrogens (tertiary/aromatic N) is 1. The number of rotatable bonds is 3. The van der Waals surface area contributed by atoms with Gasteiger partial charge in [-0.2, -0.15) is 0 Å². The molecule has 16 heavy (non-hydrogen) atoms. The first-order chi connectivity index (χ1) is 7.72. The number of ether oxygens (including phenoxy) is 1. The monoisotopic (exact) mass is 218 g/mol. The van der Waals surface area contributed by atoms with Gasteiger partial charge in [-0.15, -0.1) is 0 Å². The molecule has 3 heteroatoms. The molecule has 86 valence electrons. The summed E-state index contributed by atoms with van der Waals surface area (Å²) in [7, 11) is 1.74. The minimum Gasteiger partial charge on any atom is -0.463 e. The second kappa shape index (κ2) is 4.56. The number of nitrogens with one attached hydrogen (secondary N) is 1. The van der Waals surface area contributed by atoms with Crippen molar-refractivity contribution in [2.75, 3.05) is 13.7 Å². The van der Waals surface area contributed by atoms with Gasteiger partial charge in [0, 0.05) is 7.05 Å². The molecule has 1 N–H and O–H groups in total. The van der Waals surface area contributed by atoms with Crippen molar-refractivity contribution in [1.82, 2.24) is 5.32 Å². The fraction of sp³-hybridized carbons (Fsp3) is 0.462. The molecule has 0 saturated carbocycles. The van der Waals surface area contributed by atoms with Crippen molar-refractivity contribution < 1.29 is 4.74 Å². The maximum absolute atomic E-state index is 5.45. The average molecular weight is 218 g/mol. The van der Waals surface area contributed by atoms with Crippen LogP contribution in [0.25, 0.3) is 0 Å². The zero-order valence-corrected chi connectivity index (χ0v) is 9.86. The largest absolute Gasteiger partial charge is 0.463 e. The lowest BCUT2D eigenvalue weighted by molar-refractivity contribution is 0.265. The molecular formula is C13H18N2O. The Morgan fingerprint density at radius 2 is 2.12 bits per heavy atom. The molecule has 0 bridgehead atoms. The van der Waals surface area contributed by atoms with Crippen LogP contribution < -0.4 is 5.32 Å². The molecule has 1 saturated heterocycles. The Morgan fingerprint density at radius 3 is 2.75 bits per heavy atom. The number of hydrogen-bond acceptors (Lipinski definition) is 2. The van der Waals surface area contributed by atoms with E-state index in [2.05, 4.69) is 41.5 Å². The lowest BCUT2D eigenvalue weighted by Gasteiger charge is -2.21.